The topological polar surface area (TPSA) is 43.6 Å². The molecule has 6 heteroatoms. The summed E-state index contributed by atoms with van der Waals surface area (Å²) in [6.07, 6.45) is 0. The number of halogens is 1. The number of carbonyl (C=O) groups is 1. The molecule has 0 aliphatic rings. The summed E-state index contributed by atoms with van der Waals surface area (Å²) in [6, 6.07) is 11.6. The van der Waals surface area contributed by atoms with Crippen molar-refractivity contribution >= 4 is 43.4 Å². The van der Waals surface area contributed by atoms with Gasteiger partial charge in [-0.15, -0.1) is 0 Å². The molecule has 4 nitrogen and oxygen atoms in total. The standard InChI is InChI=1S/C20H21BrN2O2S/c1-4-25-10-9-23-17-11-13(2)14(3)12-18(17)26-20(23)22-19(24)15-5-7-16(21)8-6-15/h5-8,11-12H,4,9-10H2,1-3H3. The molecule has 0 aliphatic carbocycles. The van der Waals surface area contributed by atoms with E-state index in [2.05, 4.69) is 51.5 Å². The van der Waals surface area contributed by atoms with E-state index in [9.17, 15) is 4.79 Å². The second-order valence-electron chi connectivity index (χ2n) is 6.06. The molecule has 0 spiro atoms. The van der Waals surface area contributed by atoms with Crippen LogP contribution in [0.3, 0.4) is 0 Å². The normalized spacial score (nSPS) is 12.1. The Morgan fingerprint density at radius 3 is 2.58 bits per heavy atom. The zero-order valence-corrected chi connectivity index (χ0v) is 17.5. The Kier molecular flexibility index (Phi) is 6.06. The van der Waals surface area contributed by atoms with E-state index in [1.807, 2.05) is 19.1 Å². The van der Waals surface area contributed by atoms with Gasteiger partial charge < -0.3 is 9.30 Å². The highest BCUT2D eigenvalue weighted by Gasteiger charge is 2.11. The van der Waals surface area contributed by atoms with Crippen LogP contribution in [0.2, 0.25) is 0 Å². The van der Waals surface area contributed by atoms with E-state index in [1.54, 1.807) is 23.5 Å². The van der Waals surface area contributed by atoms with E-state index in [0.717, 1.165) is 14.7 Å². The van der Waals surface area contributed by atoms with Gasteiger partial charge in [-0.05, 0) is 68.3 Å². The molecule has 1 amide bonds. The first-order chi connectivity index (χ1) is 12.5. The van der Waals surface area contributed by atoms with Crippen molar-refractivity contribution in [3.63, 3.8) is 0 Å². The van der Waals surface area contributed by atoms with Gasteiger partial charge in [0.1, 0.15) is 0 Å². The number of aryl methyl sites for hydroxylation is 2. The smallest absolute Gasteiger partial charge is 0.279 e. The van der Waals surface area contributed by atoms with Crippen LogP contribution in [0.15, 0.2) is 45.9 Å². The Morgan fingerprint density at radius 2 is 1.88 bits per heavy atom. The number of amides is 1. The lowest BCUT2D eigenvalue weighted by Gasteiger charge is -2.07. The number of hydrogen-bond donors (Lipinski definition) is 0. The van der Waals surface area contributed by atoms with Crippen molar-refractivity contribution < 1.29 is 9.53 Å². The number of benzene rings is 2. The van der Waals surface area contributed by atoms with Crippen LogP contribution < -0.4 is 4.80 Å². The maximum absolute atomic E-state index is 12.6. The van der Waals surface area contributed by atoms with Crippen molar-refractivity contribution in [2.45, 2.75) is 27.3 Å². The van der Waals surface area contributed by atoms with Crippen molar-refractivity contribution in [1.82, 2.24) is 4.57 Å². The highest BCUT2D eigenvalue weighted by molar-refractivity contribution is 9.10. The summed E-state index contributed by atoms with van der Waals surface area (Å²) in [6.45, 7) is 8.11. The molecule has 0 bridgehead atoms. The third kappa shape index (κ3) is 4.14. The van der Waals surface area contributed by atoms with Gasteiger partial charge in [0.05, 0.1) is 16.8 Å². The molecule has 3 aromatic rings. The van der Waals surface area contributed by atoms with Crippen molar-refractivity contribution in [3.8, 4) is 0 Å². The van der Waals surface area contributed by atoms with Gasteiger partial charge in [0.25, 0.3) is 5.91 Å². The van der Waals surface area contributed by atoms with Gasteiger partial charge in [0.2, 0.25) is 0 Å². The number of hydrogen-bond acceptors (Lipinski definition) is 3. The number of thiazole rings is 1. The average Bonchev–Trinajstić information content (AvgIpc) is 2.92. The predicted octanol–water partition coefficient (Wildman–Crippen LogP) is 4.86. The highest BCUT2D eigenvalue weighted by atomic mass is 79.9. The molecule has 136 valence electrons. The SMILES string of the molecule is CCOCCn1c(=NC(=O)c2ccc(Br)cc2)sc2cc(C)c(C)cc21. The zero-order chi connectivity index (χ0) is 18.7. The molecule has 3 rings (SSSR count). The number of aromatic nitrogens is 1. The molecule has 0 N–H and O–H groups in total. The van der Waals surface area contributed by atoms with E-state index in [4.69, 9.17) is 4.74 Å². The number of ether oxygens (including phenoxy) is 1. The average molecular weight is 433 g/mol. The van der Waals surface area contributed by atoms with Crippen LogP contribution in [-0.4, -0.2) is 23.7 Å². The zero-order valence-electron chi connectivity index (χ0n) is 15.1. The Morgan fingerprint density at radius 1 is 1.19 bits per heavy atom. The minimum Gasteiger partial charge on any atom is -0.380 e. The van der Waals surface area contributed by atoms with Crippen molar-refractivity contribution in [3.05, 3.63) is 62.4 Å². The van der Waals surface area contributed by atoms with Gasteiger partial charge in [0, 0.05) is 23.2 Å². The van der Waals surface area contributed by atoms with Crippen LogP contribution in [-0.2, 0) is 11.3 Å². The lowest BCUT2D eigenvalue weighted by atomic mass is 10.1. The second kappa shape index (κ2) is 8.29. The molecular weight excluding hydrogens is 412 g/mol. The molecule has 0 unspecified atom stereocenters. The summed E-state index contributed by atoms with van der Waals surface area (Å²) in [5.74, 6) is -0.234. The van der Waals surface area contributed by atoms with Crippen molar-refractivity contribution in [2.75, 3.05) is 13.2 Å². The van der Waals surface area contributed by atoms with Crippen LogP contribution in [0, 0.1) is 13.8 Å². The van der Waals surface area contributed by atoms with E-state index in [1.165, 1.54) is 11.1 Å². The van der Waals surface area contributed by atoms with Gasteiger partial charge in [-0.2, -0.15) is 4.99 Å². The molecule has 0 aliphatic heterocycles. The maximum atomic E-state index is 12.6. The minimum atomic E-state index is -0.234. The minimum absolute atomic E-state index is 0.234. The first kappa shape index (κ1) is 19.0. The third-order valence-electron chi connectivity index (χ3n) is 4.25. The first-order valence-electron chi connectivity index (χ1n) is 8.52. The van der Waals surface area contributed by atoms with Crippen LogP contribution in [0.25, 0.3) is 10.2 Å². The summed E-state index contributed by atoms with van der Waals surface area (Å²) in [5, 5.41) is 0. The number of fused-ring (bicyclic) bond motifs is 1. The molecule has 0 atom stereocenters. The highest BCUT2D eigenvalue weighted by Crippen LogP contribution is 2.22. The second-order valence-corrected chi connectivity index (χ2v) is 7.99. The summed E-state index contributed by atoms with van der Waals surface area (Å²) in [4.78, 5) is 17.7. The van der Waals surface area contributed by atoms with E-state index in [-0.39, 0.29) is 5.91 Å². The Bertz CT molecular complexity index is 1000. The van der Waals surface area contributed by atoms with E-state index >= 15 is 0 Å². The summed E-state index contributed by atoms with van der Waals surface area (Å²) < 4.78 is 9.67. The summed E-state index contributed by atoms with van der Waals surface area (Å²) >= 11 is 4.93. The van der Waals surface area contributed by atoms with Gasteiger partial charge in [-0.25, -0.2) is 0 Å². The summed E-state index contributed by atoms with van der Waals surface area (Å²) in [5.41, 5.74) is 4.14. The fraction of sp³-hybridized carbons (Fsp3) is 0.300. The molecule has 0 fully saturated rings. The van der Waals surface area contributed by atoms with Gasteiger partial charge >= 0.3 is 0 Å². The largest absolute Gasteiger partial charge is 0.380 e. The lowest BCUT2D eigenvalue weighted by molar-refractivity contribution is 0.0996. The monoisotopic (exact) mass is 432 g/mol. The Labute approximate surface area is 165 Å². The predicted molar refractivity (Wildman–Crippen MR) is 110 cm³/mol. The Balaban J connectivity index is 2.09. The van der Waals surface area contributed by atoms with Crippen molar-refractivity contribution in [1.29, 1.82) is 0 Å². The molecule has 1 aromatic heterocycles. The van der Waals surface area contributed by atoms with E-state index < -0.39 is 0 Å². The van der Waals surface area contributed by atoms with Gasteiger partial charge in [0.15, 0.2) is 4.80 Å². The van der Waals surface area contributed by atoms with Crippen LogP contribution >= 0.6 is 27.3 Å². The fourth-order valence-corrected chi connectivity index (χ4v) is 4.07. The number of nitrogens with zero attached hydrogens (tertiary/aromatic N) is 2. The van der Waals surface area contributed by atoms with Crippen LogP contribution in [0.4, 0.5) is 0 Å². The van der Waals surface area contributed by atoms with Gasteiger partial charge in [-0.3, -0.25) is 4.79 Å². The van der Waals surface area contributed by atoms with Gasteiger partial charge in [-0.1, -0.05) is 27.3 Å². The van der Waals surface area contributed by atoms with Crippen molar-refractivity contribution in [2.24, 2.45) is 4.99 Å². The molecule has 0 saturated carbocycles. The first-order valence-corrected chi connectivity index (χ1v) is 10.1. The molecule has 0 radical (unpaired) electrons. The molecular formula is C20H21BrN2O2S. The van der Waals surface area contributed by atoms with Crippen LogP contribution in [0.5, 0.6) is 0 Å². The fourth-order valence-electron chi connectivity index (χ4n) is 2.67. The maximum Gasteiger partial charge on any atom is 0.279 e. The molecule has 26 heavy (non-hydrogen) atoms. The quantitative estimate of drug-likeness (QED) is 0.540. The number of carbonyl (C=O) groups excluding carboxylic acids is 1. The molecule has 2 aromatic carbocycles. The molecule has 1 heterocycles. The lowest BCUT2D eigenvalue weighted by Crippen LogP contribution is -2.19. The third-order valence-corrected chi connectivity index (χ3v) is 5.82. The Hall–Kier alpha value is -1.76. The van der Waals surface area contributed by atoms with E-state index in [0.29, 0.717) is 30.1 Å². The summed E-state index contributed by atoms with van der Waals surface area (Å²) in [7, 11) is 0. The van der Waals surface area contributed by atoms with Crippen LogP contribution in [0.1, 0.15) is 28.4 Å². The number of rotatable bonds is 5. The molecule has 0 saturated heterocycles.